The topological polar surface area (TPSA) is 55.3 Å². The third kappa shape index (κ3) is 3.86. The fourth-order valence-electron chi connectivity index (χ4n) is 2.93. The summed E-state index contributed by atoms with van der Waals surface area (Å²) in [6, 6.07) is 9.62. The highest BCUT2D eigenvalue weighted by Crippen LogP contribution is 2.31. The van der Waals surface area contributed by atoms with Crippen LogP contribution in [0.1, 0.15) is 36.7 Å². The van der Waals surface area contributed by atoms with Gasteiger partial charge in [0.2, 0.25) is 5.91 Å². The predicted octanol–water partition coefficient (Wildman–Crippen LogP) is 2.92. The summed E-state index contributed by atoms with van der Waals surface area (Å²) in [5.74, 6) is 0.912. The lowest BCUT2D eigenvalue weighted by molar-refractivity contribution is -0.132. The SMILES string of the molecule is Cc1cncc(C2CCCN2C(=O)CCOc2ccccc2)n1. The number of hydrogen-bond donors (Lipinski definition) is 0. The van der Waals surface area contributed by atoms with Crippen molar-refractivity contribution in [2.45, 2.75) is 32.2 Å². The van der Waals surface area contributed by atoms with Crippen LogP contribution in [0.4, 0.5) is 0 Å². The van der Waals surface area contributed by atoms with Gasteiger partial charge in [0.05, 0.1) is 36.7 Å². The zero-order valence-corrected chi connectivity index (χ0v) is 13.3. The number of rotatable bonds is 5. The smallest absolute Gasteiger partial charge is 0.226 e. The molecule has 1 fully saturated rings. The van der Waals surface area contributed by atoms with Crippen molar-refractivity contribution in [1.29, 1.82) is 0 Å². The predicted molar refractivity (Wildman–Crippen MR) is 87.0 cm³/mol. The van der Waals surface area contributed by atoms with E-state index in [9.17, 15) is 4.79 Å². The first-order valence-corrected chi connectivity index (χ1v) is 8.00. The molecule has 1 saturated heterocycles. The number of carbonyl (C=O) groups excluding carboxylic acids is 1. The average Bonchev–Trinajstić information content (AvgIpc) is 3.05. The van der Waals surface area contributed by atoms with E-state index in [0.717, 1.165) is 36.5 Å². The molecular weight excluding hydrogens is 290 g/mol. The first-order chi connectivity index (χ1) is 11.2. The second-order valence-electron chi connectivity index (χ2n) is 5.74. The normalized spacial score (nSPS) is 17.3. The lowest BCUT2D eigenvalue weighted by atomic mass is 10.1. The zero-order chi connectivity index (χ0) is 16.1. The van der Waals surface area contributed by atoms with Gasteiger partial charge in [-0.3, -0.25) is 14.8 Å². The highest BCUT2D eigenvalue weighted by Gasteiger charge is 2.30. The van der Waals surface area contributed by atoms with E-state index in [2.05, 4.69) is 9.97 Å². The summed E-state index contributed by atoms with van der Waals surface area (Å²) < 4.78 is 5.62. The van der Waals surface area contributed by atoms with E-state index in [-0.39, 0.29) is 11.9 Å². The molecular formula is C18H21N3O2. The van der Waals surface area contributed by atoms with Crippen molar-refractivity contribution < 1.29 is 9.53 Å². The number of ether oxygens (including phenoxy) is 1. The molecule has 120 valence electrons. The van der Waals surface area contributed by atoms with Crippen LogP contribution in [-0.2, 0) is 4.79 Å². The molecule has 1 aliphatic rings. The van der Waals surface area contributed by atoms with Crippen LogP contribution in [0, 0.1) is 6.92 Å². The van der Waals surface area contributed by atoms with Gasteiger partial charge in [-0.25, -0.2) is 0 Å². The molecule has 1 atom stereocenters. The fraction of sp³-hybridized carbons (Fsp3) is 0.389. The van der Waals surface area contributed by atoms with E-state index in [1.165, 1.54) is 0 Å². The highest BCUT2D eigenvalue weighted by atomic mass is 16.5. The van der Waals surface area contributed by atoms with E-state index in [1.54, 1.807) is 12.4 Å². The Morgan fingerprint density at radius 1 is 1.30 bits per heavy atom. The molecule has 5 nitrogen and oxygen atoms in total. The number of carbonyl (C=O) groups is 1. The number of hydrogen-bond acceptors (Lipinski definition) is 4. The number of aromatic nitrogens is 2. The Morgan fingerprint density at radius 3 is 2.91 bits per heavy atom. The molecule has 1 aliphatic heterocycles. The minimum atomic E-state index is 0.0478. The molecule has 1 amide bonds. The molecule has 0 aliphatic carbocycles. The van der Waals surface area contributed by atoms with Crippen molar-refractivity contribution in [2.75, 3.05) is 13.2 Å². The Hall–Kier alpha value is -2.43. The van der Waals surface area contributed by atoms with Gasteiger partial charge in [0, 0.05) is 12.7 Å². The van der Waals surface area contributed by atoms with E-state index in [1.807, 2.05) is 42.2 Å². The molecule has 1 aromatic heterocycles. The van der Waals surface area contributed by atoms with Gasteiger partial charge in [0.1, 0.15) is 5.75 Å². The van der Waals surface area contributed by atoms with E-state index < -0.39 is 0 Å². The molecule has 0 bridgehead atoms. The number of amides is 1. The Balaban J connectivity index is 1.58. The molecule has 0 radical (unpaired) electrons. The van der Waals surface area contributed by atoms with Gasteiger partial charge in [0.15, 0.2) is 0 Å². The summed E-state index contributed by atoms with van der Waals surface area (Å²) in [6.07, 6.45) is 5.83. The van der Waals surface area contributed by atoms with Crippen molar-refractivity contribution >= 4 is 5.91 Å². The molecule has 2 aromatic rings. The van der Waals surface area contributed by atoms with Crippen LogP contribution < -0.4 is 4.74 Å². The number of likely N-dealkylation sites (tertiary alicyclic amines) is 1. The zero-order valence-electron chi connectivity index (χ0n) is 13.3. The van der Waals surface area contributed by atoms with Crippen molar-refractivity contribution in [3.63, 3.8) is 0 Å². The Bertz CT molecular complexity index is 660. The number of benzene rings is 1. The van der Waals surface area contributed by atoms with Crippen LogP contribution in [0.2, 0.25) is 0 Å². The third-order valence-corrected chi connectivity index (χ3v) is 4.02. The molecule has 23 heavy (non-hydrogen) atoms. The Morgan fingerprint density at radius 2 is 2.13 bits per heavy atom. The van der Waals surface area contributed by atoms with Gasteiger partial charge < -0.3 is 9.64 Å². The summed E-state index contributed by atoms with van der Waals surface area (Å²) in [4.78, 5) is 23.1. The first-order valence-electron chi connectivity index (χ1n) is 8.00. The third-order valence-electron chi connectivity index (χ3n) is 4.02. The molecule has 0 N–H and O–H groups in total. The molecule has 1 unspecified atom stereocenters. The summed E-state index contributed by atoms with van der Waals surface area (Å²) >= 11 is 0. The summed E-state index contributed by atoms with van der Waals surface area (Å²) in [5, 5.41) is 0. The second-order valence-corrected chi connectivity index (χ2v) is 5.74. The van der Waals surface area contributed by atoms with E-state index >= 15 is 0 Å². The van der Waals surface area contributed by atoms with Crippen molar-refractivity contribution in [3.05, 3.63) is 54.1 Å². The average molecular weight is 311 g/mol. The maximum Gasteiger partial charge on any atom is 0.226 e. The van der Waals surface area contributed by atoms with Crippen LogP contribution >= 0.6 is 0 Å². The van der Waals surface area contributed by atoms with Crippen LogP contribution in [-0.4, -0.2) is 33.9 Å². The van der Waals surface area contributed by atoms with Gasteiger partial charge in [-0.05, 0) is 31.9 Å². The van der Waals surface area contributed by atoms with Crippen LogP contribution in [0.3, 0.4) is 0 Å². The van der Waals surface area contributed by atoms with Crippen molar-refractivity contribution in [1.82, 2.24) is 14.9 Å². The van der Waals surface area contributed by atoms with Gasteiger partial charge in [0.25, 0.3) is 0 Å². The van der Waals surface area contributed by atoms with Crippen LogP contribution in [0.15, 0.2) is 42.7 Å². The Labute approximate surface area is 136 Å². The van der Waals surface area contributed by atoms with E-state index in [0.29, 0.717) is 13.0 Å². The van der Waals surface area contributed by atoms with Crippen molar-refractivity contribution in [2.24, 2.45) is 0 Å². The maximum atomic E-state index is 12.5. The summed E-state index contributed by atoms with van der Waals surface area (Å²) in [5.41, 5.74) is 1.77. The maximum absolute atomic E-state index is 12.5. The van der Waals surface area contributed by atoms with Gasteiger partial charge in [-0.2, -0.15) is 0 Å². The lowest BCUT2D eigenvalue weighted by Crippen LogP contribution is -2.32. The van der Waals surface area contributed by atoms with Gasteiger partial charge in [-0.15, -0.1) is 0 Å². The van der Waals surface area contributed by atoms with E-state index in [4.69, 9.17) is 4.74 Å². The van der Waals surface area contributed by atoms with Crippen molar-refractivity contribution in [3.8, 4) is 5.75 Å². The molecule has 0 spiro atoms. The summed E-state index contributed by atoms with van der Waals surface area (Å²) in [6.45, 7) is 3.10. The fourth-order valence-corrected chi connectivity index (χ4v) is 2.93. The minimum absolute atomic E-state index is 0.0478. The first kappa shape index (κ1) is 15.5. The number of nitrogens with zero attached hydrogens (tertiary/aromatic N) is 3. The second kappa shape index (κ2) is 7.22. The monoisotopic (exact) mass is 311 g/mol. The molecule has 2 heterocycles. The number of para-hydroxylation sites is 1. The largest absolute Gasteiger partial charge is 0.493 e. The molecule has 3 rings (SSSR count). The minimum Gasteiger partial charge on any atom is -0.493 e. The standard InChI is InChI=1S/C18H21N3O2/c1-14-12-19-13-16(20-14)17-8-5-10-21(17)18(22)9-11-23-15-6-3-2-4-7-15/h2-4,6-7,12-13,17H,5,8-11H2,1H3. The highest BCUT2D eigenvalue weighted by molar-refractivity contribution is 5.77. The van der Waals surface area contributed by atoms with Gasteiger partial charge in [-0.1, -0.05) is 18.2 Å². The number of aryl methyl sites for hydroxylation is 1. The lowest BCUT2D eigenvalue weighted by Gasteiger charge is -2.24. The van der Waals surface area contributed by atoms with Crippen LogP contribution in [0.5, 0.6) is 5.75 Å². The molecule has 5 heteroatoms. The van der Waals surface area contributed by atoms with Crippen LogP contribution in [0.25, 0.3) is 0 Å². The quantitative estimate of drug-likeness (QED) is 0.852. The summed E-state index contributed by atoms with van der Waals surface area (Å²) in [7, 11) is 0. The Kier molecular flexibility index (Phi) is 4.86. The van der Waals surface area contributed by atoms with Gasteiger partial charge >= 0.3 is 0 Å². The molecule has 1 aromatic carbocycles. The molecule has 0 saturated carbocycles.